The third kappa shape index (κ3) is 2.77. The van der Waals surface area contributed by atoms with Crippen LogP contribution >= 0.6 is 0 Å². The van der Waals surface area contributed by atoms with Gasteiger partial charge in [0.1, 0.15) is 6.17 Å². The first-order chi connectivity index (χ1) is 5.70. The zero-order valence-corrected chi connectivity index (χ0v) is 6.83. The van der Waals surface area contributed by atoms with Crippen molar-refractivity contribution in [1.82, 2.24) is 0 Å². The van der Waals surface area contributed by atoms with E-state index in [9.17, 15) is 9.18 Å². The number of hydrogen-bond acceptors (Lipinski definition) is 2. The van der Waals surface area contributed by atoms with Gasteiger partial charge in [0.2, 0.25) is 0 Å². The Bertz CT molecular complexity index is 160. The van der Waals surface area contributed by atoms with Gasteiger partial charge in [0, 0.05) is 13.0 Å². The molecule has 0 aromatic rings. The number of alkyl halides is 1. The Labute approximate surface area is 70.5 Å². The van der Waals surface area contributed by atoms with Crippen molar-refractivity contribution in [3.05, 3.63) is 0 Å². The summed E-state index contributed by atoms with van der Waals surface area (Å²) >= 11 is 0. The number of carboxylic acid groups (broad SMARTS) is 1. The summed E-state index contributed by atoms with van der Waals surface area (Å²) in [4.78, 5) is 10.2. The van der Waals surface area contributed by atoms with Crippen molar-refractivity contribution in [3.8, 4) is 0 Å². The van der Waals surface area contributed by atoms with Crippen LogP contribution in [0.15, 0.2) is 0 Å². The third-order valence-electron chi connectivity index (χ3n) is 2.15. The SMILES string of the molecule is O=C(O)CC[C@@H]1CCOC[C@H]1F. The van der Waals surface area contributed by atoms with Gasteiger partial charge in [-0.15, -0.1) is 0 Å². The van der Waals surface area contributed by atoms with Gasteiger partial charge < -0.3 is 9.84 Å². The molecule has 1 aliphatic rings. The Hall–Kier alpha value is -0.640. The van der Waals surface area contributed by atoms with E-state index in [1.54, 1.807) is 0 Å². The highest BCUT2D eigenvalue weighted by atomic mass is 19.1. The summed E-state index contributed by atoms with van der Waals surface area (Å²) in [6.45, 7) is 0.689. The molecule has 70 valence electrons. The number of hydrogen-bond donors (Lipinski definition) is 1. The molecule has 1 heterocycles. The normalized spacial score (nSPS) is 30.1. The zero-order chi connectivity index (χ0) is 8.97. The van der Waals surface area contributed by atoms with Crippen LogP contribution in [-0.4, -0.2) is 30.5 Å². The molecule has 0 spiro atoms. The molecule has 4 heteroatoms. The average molecular weight is 176 g/mol. The summed E-state index contributed by atoms with van der Waals surface area (Å²) in [7, 11) is 0. The predicted octanol–water partition coefficient (Wildman–Crippen LogP) is 1.23. The van der Waals surface area contributed by atoms with Gasteiger partial charge in [0.25, 0.3) is 0 Å². The predicted molar refractivity (Wildman–Crippen MR) is 40.7 cm³/mol. The Kier molecular flexibility index (Phi) is 3.47. The second-order valence-electron chi connectivity index (χ2n) is 3.07. The van der Waals surface area contributed by atoms with E-state index in [2.05, 4.69) is 0 Å². The fourth-order valence-corrected chi connectivity index (χ4v) is 1.38. The Morgan fingerprint density at radius 1 is 1.67 bits per heavy atom. The highest BCUT2D eigenvalue weighted by molar-refractivity contribution is 5.66. The lowest BCUT2D eigenvalue weighted by Crippen LogP contribution is -2.29. The number of halogens is 1. The minimum atomic E-state index is -0.974. The third-order valence-corrected chi connectivity index (χ3v) is 2.15. The van der Waals surface area contributed by atoms with Crippen LogP contribution in [0.2, 0.25) is 0 Å². The Balaban J connectivity index is 2.24. The molecule has 0 aromatic carbocycles. The first kappa shape index (κ1) is 9.45. The standard InChI is InChI=1S/C8H13FO3/c9-7-5-12-4-3-6(7)1-2-8(10)11/h6-7H,1-5H2,(H,10,11)/t6-,7-/m1/s1. The Morgan fingerprint density at radius 2 is 2.42 bits per heavy atom. The number of carboxylic acids is 1. The molecule has 1 saturated heterocycles. The van der Waals surface area contributed by atoms with Gasteiger partial charge in [0.15, 0.2) is 0 Å². The van der Waals surface area contributed by atoms with Gasteiger partial charge in [-0.3, -0.25) is 4.79 Å². The zero-order valence-electron chi connectivity index (χ0n) is 6.83. The molecule has 0 aromatic heterocycles. The number of carbonyl (C=O) groups is 1. The lowest BCUT2D eigenvalue weighted by atomic mass is 9.93. The Morgan fingerprint density at radius 3 is 3.00 bits per heavy atom. The van der Waals surface area contributed by atoms with Gasteiger partial charge in [-0.05, 0) is 18.8 Å². The van der Waals surface area contributed by atoms with E-state index < -0.39 is 12.1 Å². The van der Waals surface area contributed by atoms with E-state index >= 15 is 0 Å². The van der Waals surface area contributed by atoms with E-state index in [4.69, 9.17) is 9.84 Å². The minimum Gasteiger partial charge on any atom is -0.481 e. The largest absolute Gasteiger partial charge is 0.481 e. The average Bonchev–Trinajstić information content (AvgIpc) is 2.03. The van der Waals surface area contributed by atoms with Crippen LogP contribution in [0.25, 0.3) is 0 Å². The fraction of sp³-hybridized carbons (Fsp3) is 0.875. The number of rotatable bonds is 3. The fourth-order valence-electron chi connectivity index (χ4n) is 1.38. The van der Waals surface area contributed by atoms with Crippen LogP contribution in [0.3, 0.4) is 0 Å². The summed E-state index contributed by atoms with van der Waals surface area (Å²) in [5, 5.41) is 8.38. The van der Waals surface area contributed by atoms with E-state index in [0.717, 1.165) is 0 Å². The smallest absolute Gasteiger partial charge is 0.303 e. The molecule has 1 N–H and O–H groups in total. The maximum atomic E-state index is 13.0. The first-order valence-corrected chi connectivity index (χ1v) is 4.13. The molecule has 0 unspecified atom stereocenters. The van der Waals surface area contributed by atoms with Crippen molar-refractivity contribution < 1.29 is 19.0 Å². The molecule has 1 fully saturated rings. The minimum absolute atomic E-state index is 0.0606. The molecular weight excluding hydrogens is 163 g/mol. The van der Waals surface area contributed by atoms with Gasteiger partial charge >= 0.3 is 5.97 Å². The summed E-state index contributed by atoms with van der Waals surface area (Å²) in [6.07, 6.45) is 0.164. The maximum Gasteiger partial charge on any atom is 0.303 e. The molecule has 1 rings (SSSR count). The van der Waals surface area contributed by atoms with E-state index in [1.165, 1.54) is 0 Å². The molecule has 12 heavy (non-hydrogen) atoms. The summed E-state index contributed by atoms with van der Waals surface area (Å²) in [5.74, 6) is -0.969. The monoisotopic (exact) mass is 176 g/mol. The van der Waals surface area contributed by atoms with Crippen molar-refractivity contribution >= 4 is 5.97 Å². The van der Waals surface area contributed by atoms with Crippen LogP contribution in [-0.2, 0) is 9.53 Å². The topological polar surface area (TPSA) is 46.5 Å². The van der Waals surface area contributed by atoms with Crippen molar-refractivity contribution in [1.29, 1.82) is 0 Å². The lowest BCUT2D eigenvalue weighted by Gasteiger charge is -2.25. The maximum absolute atomic E-state index is 13.0. The number of aliphatic carboxylic acids is 1. The highest BCUT2D eigenvalue weighted by Crippen LogP contribution is 2.22. The van der Waals surface area contributed by atoms with Gasteiger partial charge in [0.05, 0.1) is 6.61 Å². The molecule has 0 amide bonds. The van der Waals surface area contributed by atoms with Crippen LogP contribution in [0.5, 0.6) is 0 Å². The van der Waals surface area contributed by atoms with Crippen LogP contribution in [0.1, 0.15) is 19.3 Å². The van der Waals surface area contributed by atoms with Crippen molar-refractivity contribution in [2.45, 2.75) is 25.4 Å². The van der Waals surface area contributed by atoms with Gasteiger partial charge in [-0.25, -0.2) is 4.39 Å². The van der Waals surface area contributed by atoms with E-state index in [1.807, 2.05) is 0 Å². The van der Waals surface area contributed by atoms with E-state index in [-0.39, 0.29) is 18.9 Å². The molecular formula is C8H13FO3. The quantitative estimate of drug-likeness (QED) is 0.703. The first-order valence-electron chi connectivity index (χ1n) is 4.13. The molecule has 0 bridgehead atoms. The summed E-state index contributed by atoms with van der Waals surface area (Å²) < 4.78 is 17.9. The lowest BCUT2D eigenvalue weighted by molar-refractivity contribution is -0.137. The summed E-state index contributed by atoms with van der Waals surface area (Å²) in [5.41, 5.74) is 0. The van der Waals surface area contributed by atoms with Gasteiger partial charge in [-0.2, -0.15) is 0 Å². The molecule has 3 nitrogen and oxygen atoms in total. The van der Waals surface area contributed by atoms with Crippen molar-refractivity contribution in [3.63, 3.8) is 0 Å². The van der Waals surface area contributed by atoms with Crippen LogP contribution in [0.4, 0.5) is 4.39 Å². The highest BCUT2D eigenvalue weighted by Gasteiger charge is 2.25. The van der Waals surface area contributed by atoms with Crippen molar-refractivity contribution in [2.75, 3.05) is 13.2 Å². The summed E-state index contributed by atoms with van der Waals surface area (Å²) in [6, 6.07) is 0. The molecule has 0 aliphatic carbocycles. The molecule has 2 atom stereocenters. The van der Waals surface area contributed by atoms with Crippen LogP contribution < -0.4 is 0 Å². The second-order valence-corrected chi connectivity index (χ2v) is 3.07. The molecule has 0 radical (unpaired) electrons. The van der Waals surface area contributed by atoms with E-state index in [0.29, 0.717) is 19.4 Å². The molecule has 0 saturated carbocycles. The molecule has 1 aliphatic heterocycles. The van der Waals surface area contributed by atoms with Crippen molar-refractivity contribution in [2.24, 2.45) is 5.92 Å². The second kappa shape index (κ2) is 4.40. The number of ether oxygens (including phenoxy) is 1. The van der Waals surface area contributed by atoms with Crippen LogP contribution in [0, 0.1) is 5.92 Å². The van der Waals surface area contributed by atoms with Gasteiger partial charge in [-0.1, -0.05) is 0 Å².